The Hall–Kier alpha value is -1.88. The number of fused-ring (bicyclic) bond motifs is 1. The van der Waals surface area contributed by atoms with E-state index < -0.39 is 0 Å². The van der Waals surface area contributed by atoms with Crippen molar-refractivity contribution >= 4 is 22.4 Å². The number of hydrogen-bond donors (Lipinski definition) is 2. The normalized spacial score (nSPS) is 21.2. The number of nitrogen functional groups attached to an aromatic ring is 1. The van der Waals surface area contributed by atoms with Crippen LogP contribution in [-0.2, 0) is 23.2 Å². The number of aryl methyl sites for hydroxylation is 1. The molecule has 104 valence electrons. The lowest BCUT2D eigenvalue weighted by molar-refractivity contribution is -0.121. The van der Waals surface area contributed by atoms with Crippen LogP contribution < -0.4 is 11.1 Å². The molecule has 0 fully saturated rings. The molecule has 1 aliphatic carbocycles. The van der Waals surface area contributed by atoms with E-state index in [1.807, 2.05) is 18.2 Å². The molecule has 1 amide bonds. The monoisotopic (exact) mass is 287 g/mol. The average Bonchev–Trinajstić information content (AvgIpc) is 2.78. The third kappa shape index (κ3) is 2.29. The van der Waals surface area contributed by atoms with Gasteiger partial charge in [0.2, 0.25) is 5.91 Å². The van der Waals surface area contributed by atoms with Crippen LogP contribution in [0.4, 0.5) is 5.13 Å². The molecule has 3 rings (SSSR count). The van der Waals surface area contributed by atoms with Gasteiger partial charge in [0.1, 0.15) is 0 Å². The van der Waals surface area contributed by atoms with Crippen LogP contribution in [0, 0.1) is 0 Å². The fraction of sp³-hybridized carbons (Fsp3) is 0.333. The predicted octanol–water partition coefficient (Wildman–Crippen LogP) is 2.25. The summed E-state index contributed by atoms with van der Waals surface area (Å²) in [5.74, 6) is -0.00482. The average molecular weight is 287 g/mol. The number of carbonyl (C=O) groups excluding carboxylic acids is 1. The molecule has 20 heavy (non-hydrogen) atoms. The summed E-state index contributed by atoms with van der Waals surface area (Å²) in [4.78, 5) is 17.2. The van der Waals surface area contributed by atoms with E-state index in [1.165, 1.54) is 16.2 Å². The molecule has 4 nitrogen and oxygen atoms in total. The number of benzene rings is 1. The van der Waals surface area contributed by atoms with E-state index in [4.69, 9.17) is 5.73 Å². The SMILES string of the molecule is CC(=O)NC1(c2ccccc2)CCc2nc(N)sc2C1. The number of amides is 1. The number of anilines is 1. The molecule has 0 spiro atoms. The highest BCUT2D eigenvalue weighted by molar-refractivity contribution is 7.15. The van der Waals surface area contributed by atoms with Crippen molar-refractivity contribution < 1.29 is 4.79 Å². The number of nitrogens with one attached hydrogen (secondary N) is 1. The number of aromatic nitrogens is 1. The first-order chi connectivity index (χ1) is 9.59. The van der Waals surface area contributed by atoms with Gasteiger partial charge in [0.15, 0.2) is 5.13 Å². The van der Waals surface area contributed by atoms with Crippen LogP contribution in [0.2, 0.25) is 0 Å². The van der Waals surface area contributed by atoms with Gasteiger partial charge in [-0.05, 0) is 18.4 Å². The minimum absolute atomic E-state index is 0.00482. The predicted molar refractivity (Wildman–Crippen MR) is 80.5 cm³/mol. The summed E-state index contributed by atoms with van der Waals surface area (Å²) in [6, 6.07) is 10.2. The first-order valence-electron chi connectivity index (χ1n) is 6.67. The summed E-state index contributed by atoms with van der Waals surface area (Å²) in [7, 11) is 0. The molecule has 3 N–H and O–H groups in total. The van der Waals surface area contributed by atoms with Crippen LogP contribution >= 0.6 is 11.3 Å². The molecule has 0 bridgehead atoms. The maximum Gasteiger partial charge on any atom is 0.217 e. The molecule has 2 aromatic rings. The van der Waals surface area contributed by atoms with Crippen molar-refractivity contribution in [2.45, 2.75) is 31.7 Å². The van der Waals surface area contributed by atoms with Gasteiger partial charge in [-0.15, -0.1) is 11.3 Å². The standard InChI is InChI=1S/C15H17N3OS/c1-10(19)18-15(11-5-3-2-4-6-11)8-7-12-13(9-15)20-14(16)17-12/h2-6H,7-9H2,1H3,(H2,16,17)(H,18,19). The minimum atomic E-state index is -0.334. The fourth-order valence-corrected chi connectivity index (χ4v) is 3.94. The Kier molecular flexibility index (Phi) is 3.22. The Morgan fingerprint density at radius 2 is 2.15 bits per heavy atom. The molecule has 0 saturated carbocycles. The van der Waals surface area contributed by atoms with E-state index in [0.29, 0.717) is 5.13 Å². The third-order valence-electron chi connectivity index (χ3n) is 3.79. The highest BCUT2D eigenvalue weighted by atomic mass is 32.1. The maximum atomic E-state index is 11.7. The number of nitrogens with two attached hydrogens (primary N) is 1. The fourth-order valence-electron chi connectivity index (χ4n) is 2.95. The van der Waals surface area contributed by atoms with Crippen molar-refractivity contribution in [3.63, 3.8) is 0 Å². The van der Waals surface area contributed by atoms with E-state index in [2.05, 4.69) is 22.4 Å². The van der Waals surface area contributed by atoms with E-state index >= 15 is 0 Å². The summed E-state index contributed by atoms with van der Waals surface area (Å²) in [6.45, 7) is 1.57. The van der Waals surface area contributed by atoms with Crippen LogP contribution in [0.3, 0.4) is 0 Å². The summed E-state index contributed by atoms with van der Waals surface area (Å²) in [6.07, 6.45) is 2.46. The van der Waals surface area contributed by atoms with Crippen LogP contribution in [-0.4, -0.2) is 10.9 Å². The number of rotatable bonds is 2. The highest BCUT2D eigenvalue weighted by Gasteiger charge is 2.38. The van der Waals surface area contributed by atoms with Gasteiger partial charge in [0.25, 0.3) is 0 Å². The molecule has 0 aliphatic heterocycles. The number of hydrogen-bond acceptors (Lipinski definition) is 4. The van der Waals surface area contributed by atoms with Gasteiger partial charge in [-0.3, -0.25) is 4.79 Å². The zero-order valence-corrected chi connectivity index (χ0v) is 12.2. The van der Waals surface area contributed by atoms with Crippen LogP contribution in [0.5, 0.6) is 0 Å². The largest absolute Gasteiger partial charge is 0.375 e. The van der Waals surface area contributed by atoms with Gasteiger partial charge in [-0.25, -0.2) is 4.98 Å². The van der Waals surface area contributed by atoms with E-state index in [9.17, 15) is 4.79 Å². The van der Waals surface area contributed by atoms with E-state index in [-0.39, 0.29) is 11.4 Å². The molecular formula is C15H17N3OS. The smallest absolute Gasteiger partial charge is 0.217 e. The topological polar surface area (TPSA) is 68.0 Å². The lowest BCUT2D eigenvalue weighted by Crippen LogP contribution is -2.48. The van der Waals surface area contributed by atoms with Crippen LogP contribution in [0.1, 0.15) is 29.5 Å². The summed E-state index contributed by atoms with van der Waals surface area (Å²) in [5, 5.41) is 3.77. The molecular weight excluding hydrogens is 270 g/mol. The molecule has 1 atom stereocenters. The first kappa shape index (κ1) is 13.1. The molecule has 5 heteroatoms. The van der Waals surface area contributed by atoms with Crippen molar-refractivity contribution in [2.24, 2.45) is 0 Å². The quantitative estimate of drug-likeness (QED) is 0.890. The lowest BCUT2D eigenvalue weighted by atomic mass is 9.77. The number of nitrogens with zero attached hydrogens (tertiary/aromatic N) is 1. The molecule has 1 aliphatic rings. The number of thiazole rings is 1. The van der Waals surface area contributed by atoms with Gasteiger partial charge in [0.05, 0.1) is 11.2 Å². The van der Waals surface area contributed by atoms with Gasteiger partial charge in [-0.1, -0.05) is 30.3 Å². The van der Waals surface area contributed by atoms with Gasteiger partial charge >= 0.3 is 0 Å². The Bertz CT molecular complexity index is 638. The van der Waals surface area contributed by atoms with Crippen LogP contribution in [0.25, 0.3) is 0 Å². The Morgan fingerprint density at radius 3 is 2.85 bits per heavy atom. The second-order valence-electron chi connectivity index (χ2n) is 5.23. The van der Waals surface area contributed by atoms with Crippen molar-refractivity contribution in [3.8, 4) is 0 Å². The van der Waals surface area contributed by atoms with Gasteiger partial charge in [0, 0.05) is 18.2 Å². The Morgan fingerprint density at radius 1 is 1.40 bits per heavy atom. The number of carbonyl (C=O) groups is 1. The van der Waals surface area contributed by atoms with E-state index in [1.54, 1.807) is 6.92 Å². The third-order valence-corrected chi connectivity index (χ3v) is 4.71. The summed E-state index contributed by atoms with van der Waals surface area (Å²) in [5.41, 5.74) is 7.71. The molecule has 0 saturated heterocycles. The molecule has 0 radical (unpaired) electrons. The minimum Gasteiger partial charge on any atom is -0.375 e. The first-order valence-corrected chi connectivity index (χ1v) is 7.49. The molecule has 1 aromatic carbocycles. The second kappa shape index (κ2) is 4.90. The molecule has 1 aromatic heterocycles. The molecule has 1 unspecified atom stereocenters. The van der Waals surface area contributed by atoms with Crippen LogP contribution in [0.15, 0.2) is 30.3 Å². The lowest BCUT2D eigenvalue weighted by Gasteiger charge is -2.37. The van der Waals surface area contributed by atoms with E-state index in [0.717, 1.165) is 30.5 Å². The summed E-state index contributed by atoms with van der Waals surface area (Å²) < 4.78 is 0. The zero-order chi connectivity index (χ0) is 14.2. The second-order valence-corrected chi connectivity index (χ2v) is 6.34. The van der Waals surface area contributed by atoms with Crippen molar-refractivity contribution in [2.75, 3.05) is 5.73 Å². The van der Waals surface area contributed by atoms with Gasteiger partial charge < -0.3 is 11.1 Å². The van der Waals surface area contributed by atoms with Crippen molar-refractivity contribution in [1.82, 2.24) is 10.3 Å². The Labute approximate surface area is 122 Å². The zero-order valence-electron chi connectivity index (χ0n) is 11.3. The van der Waals surface area contributed by atoms with Crippen molar-refractivity contribution in [3.05, 3.63) is 46.5 Å². The van der Waals surface area contributed by atoms with Crippen molar-refractivity contribution in [1.29, 1.82) is 0 Å². The highest BCUT2D eigenvalue weighted by Crippen LogP contribution is 2.39. The maximum absolute atomic E-state index is 11.7. The Balaban J connectivity index is 2.03. The molecule has 1 heterocycles. The summed E-state index contributed by atoms with van der Waals surface area (Å²) >= 11 is 1.53. The van der Waals surface area contributed by atoms with Gasteiger partial charge in [-0.2, -0.15) is 0 Å².